The minimum atomic E-state index is -0.607. The second kappa shape index (κ2) is 9.06. The summed E-state index contributed by atoms with van der Waals surface area (Å²) in [6, 6.07) is 20.5. The highest BCUT2D eigenvalue weighted by molar-refractivity contribution is 7.13. The average molecular weight is 433 g/mol. The van der Waals surface area contributed by atoms with Gasteiger partial charge in [-0.3, -0.25) is 9.59 Å². The Kier molecular flexibility index (Phi) is 6.23. The molecule has 5 heteroatoms. The first-order valence-corrected chi connectivity index (χ1v) is 11.6. The highest BCUT2D eigenvalue weighted by Gasteiger charge is 2.45. The van der Waals surface area contributed by atoms with Gasteiger partial charge in [-0.15, -0.1) is 11.3 Å². The topological polar surface area (TPSA) is 49.4 Å². The second-order valence-electron chi connectivity index (χ2n) is 8.40. The molecule has 0 spiro atoms. The lowest BCUT2D eigenvalue weighted by atomic mass is 9.78. The van der Waals surface area contributed by atoms with Crippen LogP contribution in [0.4, 0.5) is 0 Å². The number of thiophene rings is 1. The molecule has 1 aromatic heterocycles. The SMILES string of the molecule is CNC(=O)[C@@]1(Cc2ccccc2-c2cccs2)CCN(C(=O)Cc2cccc(C)c2)C1. The normalized spacial score (nSPS) is 18.2. The maximum atomic E-state index is 13.1. The summed E-state index contributed by atoms with van der Waals surface area (Å²) in [5.41, 5.74) is 3.89. The van der Waals surface area contributed by atoms with Gasteiger partial charge in [0.25, 0.3) is 0 Å². The maximum absolute atomic E-state index is 13.1. The number of carbonyl (C=O) groups is 2. The molecule has 1 saturated heterocycles. The molecule has 2 heterocycles. The largest absolute Gasteiger partial charge is 0.359 e. The zero-order valence-corrected chi connectivity index (χ0v) is 18.9. The van der Waals surface area contributed by atoms with Crippen LogP contribution >= 0.6 is 11.3 Å². The van der Waals surface area contributed by atoms with Crippen LogP contribution in [0.3, 0.4) is 0 Å². The van der Waals surface area contributed by atoms with Crippen molar-refractivity contribution < 1.29 is 9.59 Å². The number of rotatable bonds is 6. The molecule has 0 bridgehead atoms. The van der Waals surface area contributed by atoms with E-state index in [2.05, 4.69) is 35.0 Å². The van der Waals surface area contributed by atoms with Crippen molar-refractivity contribution in [3.8, 4) is 10.4 Å². The maximum Gasteiger partial charge on any atom is 0.228 e. The molecule has 4 rings (SSSR count). The fourth-order valence-electron chi connectivity index (χ4n) is 4.58. The zero-order valence-electron chi connectivity index (χ0n) is 18.1. The first-order valence-electron chi connectivity index (χ1n) is 10.7. The van der Waals surface area contributed by atoms with E-state index in [-0.39, 0.29) is 11.8 Å². The van der Waals surface area contributed by atoms with Gasteiger partial charge in [0.2, 0.25) is 11.8 Å². The fourth-order valence-corrected chi connectivity index (χ4v) is 5.37. The van der Waals surface area contributed by atoms with E-state index in [0.29, 0.717) is 32.4 Å². The zero-order chi connectivity index (χ0) is 21.8. The van der Waals surface area contributed by atoms with Gasteiger partial charge in [-0.05, 0) is 47.9 Å². The fraction of sp³-hybridized carbons (Fsp3) is 0.308. The van der Waals surface area contributed by atoms with Crippen molar-refractivity contribution in [3.63, 3.8) is 0 Å². The van der Waals surface area contributed by atoms with E-state index in [0.717, 1.165) is 16.7 Å². The standard InChI is InChI=1S/C26H28N2O2S/c1-19-7-5-8-20(15-19)16-24(29)28-13-12-26(18-28,25(30)27-2)17-21-9-3-4-10-22(21)23-11-6-14-31-23/h3-11,14-15H,12-13,16-18H2,1-2H3,(H,27,30)/t26-/m1/s1. The van der Waals surface area contributed by atoms with Gasteiger partial charge in [-0.2, -0.15) is 0 Å². The minimum absolute atomic E-state index is 0.0133. The smallest absolute Gasteiger partial charge is 0.228 e. The van der Waals surface area contributed by atoms with Gasteiger partial charge in [0.1, 0.15) is 0 Å². The van der Waals surface area contributed by atoms with E-state index < -0.39 is 5.41 Å². The number of likely N-dealkylation sites (tertiary alicyclic amines) is 1. The average Bonchev–Trinajstić information content (AvgIpc) is 3.45. The van der Waals surface area contributed by atoms with E-state index in [1.54, 1.807) is 18.4 Å². The van der Waals surface area contributed by atoms with Gasteiger partial charge in [-0.25, -0.2) is 0 Å². The molecule has 1 aliphatic rings. The first kappa shape index (κ1) is 21.3. The van der Waals surface area contributed by atoms with Crippen molar-refractivity contribution in [1.29, 1.82) is 0 Å². The Hall–Kier alpha value is -2.92. The van der Waals surface area contributed by atoms with Crippen LogP contribution in [0.15, 0.2) is 66.0 Å². The van der Waals surface area contributed by atoms with E-state index in [1.165, 1.54) is 10.4 Å². The molecule has 1 fully saturated rings. The predicted molar refractivity (Wildman–Crippen MR) is 126 cm³/mol. The molecular weight excluding hydrogens is 404 g/mol. The summed E-state index contributed by atoms with van der Waals surface area (Å²) < 4.78 is 0. The van der Waals surface area contributed by atoms with Crippen molar-refractivity contribution >= 4 is 23.2 Å². The molecule has 2 amide bonds. The van der Waals surface area contributed by atoms with Gasteiger partial charge in [0.15, 0.2) is 0 Å². The summed E-state index contributed by atoms with van der Waals surface area (Å²) in [7, 11) is 1.69. The molecule has 0 unspecified atom stereocenters. The van der Waals surface area contributed by atoms with Crippen LogP contribution in [-0.2, 0) is 22.4 Å². The van der Waals surface area contributed by atoms with Crippen molar-refractivity contribution in [2.24, 2.45) is 5.41 Å². The Morgan fingerprint density at radius 1 is 1.10 bits per heavy atom. The highest BCUT2D eigenvalue weighted by atomic mass is 32.1. The molecule has 160 valence electrons. The van der Waals surface area contributed by atoms with Gasteiger partial charge in [-0.1, -0.05) is 60.2 Å². The van der Waals surface area contributed by atoms with Crippen LogP contribution in [0, 0.1) is 12.3 Å². The van der Waals surface area contributed by atoms with E-state index in [1.807, 2.05) is 48.2 Å². The van der Waals surface area contributed by atoms with Crippen molar-refractivity contribution in [3.05, 3.63) is 82.7 Å². The Labute approximate surface area is 187 Å². The Morgan fingerprint density at radius 2 is 1.94 bits per heavy atom. The van der Waals surface area contributed by atoms with Crippen LogP contribution in [-0.4, -0.2) is 36.9 Å². The molecular formula is C26H28N2O2S. The third kappa shape index (κ3) is 4.57. The number of benzene rings is 2. The number of aryl methyl sites for hydroxylation is 1. The first-order chi connectivity index (χ1) is 15.0. The molecule has 0 saturated carbocycles. The Morgan fingerprint density at radius 3 is 2.68 bits per heavy atom. The van der Waals surface area contributed by atoms with Gasteiger partial charge in [0.05, 0.1) is 11.8 Å². The van der Waals surface area contributed by atoms with Crippen LogP contribution < -0.4 is 5.32 Å². The van der Waals surface area contributed by atoms with E-state index in [9.17, 15) is 9.59 Å². The lowest BCUT2D eigenvalue weighted by Gasteiger charge is -2.28. The Bertz CT molecular complexity index is 1080. The molecule has 0 aliphatic carbocycles. The quantitative estimate of drug-likeness (QED) is 0.625. The number of hydrogen-bond donors (Lipinski definition) is 1. The number of hydrogen-bond acceptors (Lipinski definition) is 3. The third-order valence-electron chi connectivity index (χ3n) is 6.19. The molecule has 3 aromatic rings. The highest BCUT2D eigenvalue weighted by Crippen LogP contribution is 2.38. The summed E-state index contributed by atoms with van der Waals surface area (Å²) in [4.78, 5) is 29.2. The summed E-state index contributed by atoms with van der Waals surface area (Å²) in [5, 5.41) is 4.94. The molecule has 4 nitrogen and oxygen atoms in total. The third-order valence-corrected chi connectivity index (χ3v) is 7.09. The Balaban J connectivity index is 1.56. The number of nitrogens with one attached hydrogen (secondary N) is 1. The van der Waals surface area contributed by atoms with Gasteiger partial charge in [0, 0.05) is 25.0 Å². The molecule has 1 aliphatic heterocycles. The molecule has 0 radical (unpaired) electrons. The summed E-state index contributed by atoms with van der Waals surface area (Å²) in [6.45, 7) is 3.10. The van der Waals surface area contributed by atoms with Crippen LogP contribution in [0.25, 0.3) is 10.4 Å². The van der Waals surface area contributed by atoms with Crippen LogP contribution in [0.5, 0.6) is 0 Å². The van der Waals surface area contributed by atoms with Crippen molar-refractivity contribution in [2.45, 2.75) is 26.2 Å². The molecule has 2 aromatic carbocycles. The molecule has 1 N–H and O–H groups in total. The van der Waals surface area contributed by atoms with Gasteiger partial charge < -0.3 is 10.2 Å². The summed E-state index contributed by atoms with van der Waals surface area (Å²) in [6.07, 6.45) is 1.66. The summed E-state index contributed by atoms with van der Waals surface area (Å²) in [5.74, 6) is 0.0993. The second-order valence-corrected chi connectivity index (χ2v) is 9.35. The van der Waals surface area contributed by atoms with E-state index in [4.69, 9.17) is 0 Å². The van der Waals surface area contributed by atoms with Crippen molar-refractivity contribution in [1.82, 2.24) is 10.2 Å². The van der Waals surface area contributed by atoms with E-state index >= 15 is 0 Å². The minimum Gasteiger partial charge on any atom is -0.359 e. The molecule has 31 heavy (non-hydrogen) atoms. The van der Waals surface area contributed by atoms with Crippen LogP contribution in [0.1, 0.15) is 23.1 Å². The lowest BCUT2D eigenvalue weighted by molar-refractivity contribution is -0.132. The monoisotopic (exact) mass is 432 g/mol. The van der Waals surface area contributed by atoms with Crippen molar-refractivity contribution in [2.75, 3.05) is 20.1 Å². The number of carbonyl (C=O) groups excluding carboxylic acids is 2. The predicted octanol–water partition coefficient (Wildman–Crippen LogP) is 4.47. The van der Waals surface area contributed by atoms with Crippen LogP contribution in [0.2, 0.25) is 0 Å². The van der Waals surface area contributed by atoms with Gasteiger partial charge >= 0.3 is 0 Å². The number of nitrogens with zero attached hydrogens (tertiary/aromatic N) is 1. The molecule has 1 atom stereocenters. The lowest BCUT2D eigenvalue weighted by Crippen LogP contribution is -2.44. The number of amides is 2. The summed E-state index contributed by atoms with van der Waals surface area (Å²) >= 11 is 1.70.